The van der Waals surface area contributed by atoms with Gasteiger partial charge >= 0.3 is 5.97 Å². The number of primary amides is 1. The van der Waals surface area contributed by atoms with E-state index in [2.05, 4.69) is 9.69 Å². The van der Waals surface area contributed by atoms with Crippen molar-refractivity contribution in [3.63, 3.8) is 0 Å². The maximum Gasteiger partial charge on any atom is 0.325 e. The third-order valence-electron chi connectivity index (χ3n) is 5.41. The summed E-state index contributed by atoms with van der Waals surface area (Å²) in [6, 6.07) is 10.4. The van der Waals surface area contributed by atoms with E-state index in [9.17, 15) is 23.6 Å². The van der Waals surface area contributed by atoms with Crippen LogP contribution < -0.4 is 21.5 Å². The fourth-order valence-electron chi connectivity index (χ4n) is 3.64. The van der Waals surface area contributed by atoms with Gasteiger partial charge in [0, 0.05) is 5.56 Å². The predicted molar refractivity (Wildman–Crippen MR) is 137 cm³/mol. The van der Waals surface area contributed by atoms with Crippen LogP contribution in [0.15, 0.2) is 48.5 Å². The molecule has 2 aromatic carbocycles. The molecule has 0 saturated heterocycles. The Hall–Kier alpha value is -4.52. The molecule has 0 spiro atoms. The number of rotatable bonds is 11. The summed E-state index contributed by atoms with van der Waals surface area (Å²) in [5, 5.41) is 2.47. The minimum absolute atomic E-state index is 0.112. The van der Waals surface area contributed by atoms with Crippen LogP contribution in [0.1, 0.15) is 44.3 Å². The number of hydrogen-bond acceptors (Lipinski definition) is 9. The maximum atomic E-state index is 13.9. The Labute approximate surface area is 221 Å². The number of nitrogens with one attached hydrogen (secondary N) is 1. The highest BCUT2D eigenvalue weighted by Gasteiger charge is 2.35. The average Bonchev–Trinajstić information content (AvgIpc) is 3.29. The van der Waals surface area contributed by atoms with Crippen LogP contribution in [0.4, 0.5) is 10.1 Å². The molecule has 3 rings (SSSR count). The third kappa shape index (κ3) is 6.42. The molecule has 0 bridgehead atoms. The summed E-state index contributed by atoms with van der Waals surface area (Å²) in [7, 11) is 1.45. The Bertz CT molecular complexity index is 1330. The Kier molecular flexibility index (Phi) is 9.33. The molecular weight excluding hydrogens is 517 g/mol. The van der Waals surface area contributed by atoms with Gasteiger partial charge in [0.05, 0.1) is 25.9 Å². The second-order valence-corrected chi connectivity index (χ2v) is 8.63. The summed E-state index contributed by atoms with van der Waals surface area (Å²) in [5.74, 6) is -3.22. The molecule has 3 aromatic rings. The van der Waals surface area contributed by atoms with Gasteiger partial charge in [-0.2, -0.15) is 4.37 Å². The first-order valence-corrected chi connectivity index (χ1v) is 12.1. The van der Waals surface area contributed by atoms with Gasteiger partial charge in [-0.3, -0.25) is 19.2 Å². The summed E-state index contributed by atoms with van der Waals surface area (Å²) in [6.07, 6.45) is 0. The van der Waals surface area contributed by atoms with Crippen molar-refractivity contribution in [2.45, 2.75) is 19.5 Å². The standard InChI is InChI=1S/C25H26FN5O6S/c1-3-37-18(32)12-29-24(34)21(14-8-10-16(26)11-9-14)31(13-15-6-4-5-7-17(15)36-2)25(35)22-19(27)20(23(28)33)30-38-22/h4-11,21H,3,12-13,27H2,1-2H3,(H2,28,33)(H,29,34)/t21-/m0/s1. The lowest BCUT2D eigenvalue weighted by molar-refractivity contribution is -0.143. The van der Waals surface area contributed by atoms with Gasteiger partial charge in [-0.05, 0) is 42.2 Å². The molecule has 0 fully saturated rings. The van der Waals surface area contributed by atoms with Crippen molar-refractivity contribution in [3.05, 3.63) is 76.0 Å². The zero-order chi connectivity index (χ0) is 27.8. The molecule has 3 amide bonds. The number of hydrogen-bond donors (Lipinski definition) is 3. The van der Waals surface area contributed by atoms with Gasteiger partial charge in [-0.1, -0.05) is 30.3 Å². The topological polar surface area (TPSA) is 167 Å². The number of ether oxygens (including phenoxy) is 2. The number of methoxy groups -OCH3 is 1. The van der Waals surface area contributed by atoms with E-state index in [1.165, 1.54) is 24.1 Å². The number of para-hydroxylation sites is 1. The first-order valence-electron chi connectivity index (χ1n) is 11.3. The Balaban J connectivity index is 2.13. The Morgan fingerprint density at radius 3 is 2.42 bits per heavy atom. The third-order valence-corrected chi connectivity index (χ3v) is 6.26. The lowest BCUT2D eigenvalue weighted by atomic mass is 10.0. The van der Waals surface area contributed by atoms with Crippen LogP contribution >= 0.6 is 11.5 Å². The Morgan fingerprint density at radius 1 is 1.13 bits per heavy atom. The van der Waals surface area contributed by atoms with Crippen molar-refractivity contribution in [3.8, 4) is 5.75 Å². The molecule has 0 unspecified atom stereocenters. The van der Waals surface area contributed by atoms with Crippen LogP contribution in [0.5, 0.6) is 5.75 Å². The highest BCUT2D eigenvalue weighted by Crippen LogP contribution is 2.32. The van der Waals surface area contributed by atoms with E-state index >= 15 is 0 Å². The van der Waals surface area contributed by atoms with E-state index in [0.29, 0.717) is 22.8 Å². The molecule has 38 heavy (non-hydrogen) atoms. The lowest BCUT2D eigenvalue weighted by Gasteiger charge is -2.31. The summed E-state index contributed by atoms with van der Waals surface area (Å²) in [4.78, 5) is 52.1. The number of esters is 1. The number of benzene rings is 2. The largest absolute Gasteiger partial charge is 0.496 e. The van der Waals surface area contributed by atoms with E-state index in [1.54, 1.807) is 31.2 Å². The molecule has 200 valence electrons. The van der Waals surface area contributed by atoms with Crippen molar-refractivity contribution in [1.82, 2.24) is 14.6 Å². The minimum atomic E-state index is -1.36. The second kappa shape index (κ2) is 12.6. The smallest absolute Gasteiger partial charge is 0.325 e. The van der Waals surface area contributed by atoms with Gasteiger partial charge in [-0.15, -0.1) is 0 Å². The molecule has 13 heteroatoms. The van der Waals surface area contributed by atoms with E-state index in [0.717, 1.165) is 12.1 Å². The number of nitrogens with zero attached hydrogens (tertiary/aromatic N) is 2. The van der Waals surface area contributed by atoms with Crippen LogP contribution in [0.2, 0.25) is 0 Å². The molecule has 0 radical (unpaired) electrons. The van der Waals surface area contributed by atoms with Crippen LogP contribution in [0, 0.1) is 5.82 Å². The number of nitrogens with two attached hydrogens (primary N) is 2. The summed E-state index contributed by atoms with van der Waals surface area (Å²) in [5.41, 5.74) is 11.6. The van der Waals surface area contributed by atoms with Gasteiger partial charge in [-0.25, -0.2) is 4.39 Å². The van der Waals surface area contributed by atoms with Crippen molar-refractivity contribution >= 4 is 40.9 Å². The molecular formula is C25H26FN5O6S. The zero-order valence-electron chi connectivity index (χ0n) is 20.6. The fourth-order valence-corrected chi connectivity index (χ4v) is 4.40. The number of amides is 3. The number of carbonyl (C=O) groups excluding carboxylic acids is 4. The normalized spacial score (nSPS) is 11.3. The van der Waals surface area contributed by atoms with E-state index in [-0.39, 0.29) is 35.0 Å². The molecule has 0 aliphatic heterocycles. The van der Waals surface area contributed by atoms with Gasteiger partial charge in [0.1, 0.15) is 29.0 Å². The number of anilines is 1. The summed E-state index contributed by atoms with van der Waals surface area (Å²) in [6.45, 7) is 1.10. The molecule has 1 aromatic heterocycles. The SMILES string of the molecule is CCOC(=O)CNC(=O)[C@H](c1ccc(F)cc1)N(Cc1ccccc1OC)C(=O)c1snc(C(N)=O)c1N. The molecule has 0 aliphatic rings. The first-order chi connectivity index (χ1) is 18.2. The first kappa shape index (κ1) is 28.1. The van der Waals surface area contributed by atoms with Crippen LogP contribution in [-0.2, 0) is 20.9 Å². The highest BCUT2D eigenvalue weighted by molar-refractivity contribution is 7.09. The van der Waals surface area contributed by atoms with E-state index in [1.807, 2.05) is 0 Å². The average molecular weight is 544 g/mol. The van der Waals surface area contributed by atoms with Crippen molar-refractivity contribution in [2.75, 3.05) is 26.0 Å². The van der Waals surface area contributed by atoms with Crippen molar-refractivity contribution < 1.29 is 33.0 Å². The molecule has 5 N–H and O–H groups in total. The fraction of sp³-hybridized carbons (Fsp3) is 0.240. The summed E-state index contributed by atoms with van der Waals surface area (Å²) >= 11 is 0.649. The van der Waals surface area contributed by atoms with Crippen molar-refractivity contribution in [1.29, 1.82) is 0 Å². The van der Waals surface area contributed by atoms with E-state index < -0.39 is 42.1 Å². The molecule has 0 aliphatic carbocycles. The monoisotopic (exact) mass is 543 g/mol. The number of halogens is 1. The molecule has 1 heterocycles. The van der Waals surface area contributed by atoms with Crippen LogP contribution in [0.25, 0.3) is 0 Å². The van der Waals surface area contributed by atoms with Gasteiger partial charge in [0.15, 0.2) is 5.69 Å². The van der Waals surface area contributed by atoms with Gasteiger partial charge in [0.2, 0.25) is 5.91 Å². The predicted octanol–water partition coefficient (Wildman–Crippen LogP) is 2.03. The van der Waals surface area contributed by atoms with E-state index in [4.69, 9.17) is 20.9 Å². The number of aromatic nitrogens is 1. The molecule has 0 saturated carbocycles. The Morgan fingerprint density at radius 2 is 1.82 bits per heavy atom. The van der Waals surface area contributed by atoms with Crippen molar-refractivity contribution in [2.24, 2.45) is 5.73 Å². The minimum Gasteiger partial charge on any atom is -0.496 e. The zero-order valence-corrected chi connectivity index (χ0v) is 21.4. The highest BCUT2D eigenvalue weighted by atomic mass is 32.1. The number of nitrogen functional groups attached to an aromatic ring is 1. The van der Waals surface area contributed by atoms with Gasteiger partial charge < -0.3 is 31.2 Å². The lowest BCUT2D eigenvalue weighted by Crippen LogP contribution is -2.44. The maximum absolute atomic E-state index is 13.9. The van der Waals surface area contributed by atoms with Crippen LogP contribution in [0.3, 0.4) is 0 Å². The molecule has 1 atom stereocenters. The second-order valence-electron chi connectivity index (χ2n) is 7.86. The van der Waals surface area contributed by atoms with Crippen LogP contribution in [-0.4, -0.2) is 53.2 Å². The quantitative estimate of drug-likeness (QED) is 0.309. The molecule has 11 nitrogen and oxygen atoms in total. The summed E-state index contributed by atoms with van der Waals surface area (Å²) < 4.78 is 27.9. The van der Waals surface area contributed by atoms with Gasteiger partial charge in [0.25, 0.3) is 11.8 Å². The number of carbonyl (C=O) groups is 4.